The van der Waals surface area contributed by atoms with E-state index in [9.17, 15) is 14.0 Å². The summed E-state index contributed by atoms with van der Waals surface area (Å²) in [7, 11) is 0. The first-order valence-electron chi connectivity index (χ1n) is 11.1. The molecule has 31 heavy (non-hydrogen) atoms. The van der Waals surface area contributed by atoms with Gasteiger partial charge in [0.1, 0.15) is 5.82 Å². The van der Waals surface area contributed by atoms with Gasteiger partial charge in [-0.3, -0.25) is 9.59 Å². The van der Waals surface area contributed by atoms with Crippen LogP contribution in [0.5, 0.6) is 0 Å². The largest absolute Gasteiger partial charge is 0.332 e. The molecule has 0 radical (unpaired) electrons. The Morgan fingerprint density at radius 2 is 1.77 bits per heavy atom. The van der Waals surface area contributed by atoms with E-state index in [-0.39, 0.29) is 30.1 Å². The maximum absolute atomic E-state index is 13.3. The maximum atomic E-state index is 13.3. The van der Waals surface area contributed by atoms with Crippen molar-refractivity contribution < 1.29 is 14.0 Å². The van der Waals surface area contributed by atoms with Crippen LogP contribution in [0, 0.1) is 11.7 Å². The van der Waals surface area contributed by atoms with Gasteiger partial charge >= 0.3 is 0 Å². The number of hydrogen-bond acceptors (Lipinski definition) is 4. The van der Waals surface area contributed by atoms with Gasteiger partial charge in [0, 0.05) is 30.4 Å². The molecule has 1 aliphatic heterocycles. The van der Waals surface area contributed by atoms with Crippen molar-refractivity contribution >= 4 is 23.2 Å². The zero-order valence-electron chi connectivity index (χ0n) is 17.8. The summed E-state index contributed by atoms with van der Waals surface area (Å²) >= 11 is 1.61. The van der Waals surface area contributed by atoms with E-state index in [2.05, 4.69) is 4.90 Å². The number of halogens is 1. The Labute approximate surface area is 187 Å². The summed E-state index contributed by atoms with van der Waals surface area (Å²) in [5.41, 5.74) is 0.878. The molecule has 1 aromatic carbocycles. The molecule has 4 rings (SSSR count). The molecular weight excluding hydrogens is 413 g/mol. The van der Waals surface area contributed by atoms with Crippen LogP contribution in [0.4, 0.5) is 4.39 Å². The van der Waals surface area contributed by atoms with Gasteiger partial charge < -0.3 is 14.7 Å². The number of likely N-dealkylation sites (tertiary alicyclic amines) is 1. The molecule has 0 N–H and O–H groups in total. The fourth-order valence-electron chi connectivity index (χ4n) is 4.02. The fourth-order valence-corrected chi connectivity index (χ4v) is 4.74. The highest BCUT2D eigenvalue weighted by Gasteiger charge is 2.35. The van der Waals surface area contributed by atoms with Gasteiger partial charge in [-0.1, -0.05) is 18.2 Å². The van der Waals surface area contributed by atoms with Gasteiger partial charge in [0.2, 0.25) is 11.8 Å². The molecule has 0 bridgehead atoms. The SMILES string of the molecule is O=C(CN(CCN1CCCC1)C(=O)C1CC1)N(Cc1ccc(F)cc1)Cc1cccs1. The molecule has 2 heterocycles. The van der Waals surface area contributed by atoms with E-state index in [1.165, 1.54) is 25.0 Å². The minimum absolute atomic E-state index is 0.0619. The highest BCUT2D eigenvalue weighted by Crippen LogP contribution is 2.31. The van der Waals surface area contributed by atoms with Crippen LogP contribution in [0.3, 0.4) is 0 Å². The quantitative estimate of drug-likeness (QED) is 0.562. The van der Waals surface area contributed by atoms with Crippen LogP contribution < -0.4 is 0 Å². The summed E-state index contributed by atoms with van der Waals surface area (Å²) < 4.78 is 13.3. The molecule has 1 saturated carbocycles. The minimum Gasteiger partial charge on any atom is -0.332 e. The number of rotatable bonds is 10. The van der Waals surface area contributed by atoms with Crippen molar-refractivity contribution in [3.8, 4) is 0 Å². The second kappa shape index (κ2) is 10.4. The lowest BCUT2D eigenvalue weighted by atomic mass is 10.2. The normalized spacial score (nSPS) is 16.4. The van der Waals surface area contributed by atoms with Crippen molar-refractivity contribution in [1.29, 1.82) is 0 Å². The van der Waals surface area contributed by atoms with E-state index in [0.29, 0.717) is 19.6 Å². The van der Waals surface area contributed by atoms with Gasteiger partial charge in [0.15, 0.2) is 0 Å². The molecule has 5 nitrogen and oxygen atoms in total. The molecule has 2 amide bonds. The van der Waals surface area contributed by atoms with Crippen LogP contribution in [0.25, 0.3) is 0 Å². The van der Waals surface area contributed by atoms with Crippen LogP contribution in [0.15, 0.2) is 41.8 Å². The topological polar surface area (TPSA) is 43.9 Å². The smallest absolute Gasteiger partial charge is 0.242 e. The molecule has 166 valence electrons. The van der Waals surface area contributed by atoms with Crippen LogP contribution in [-0.4, -0.2) is 59.2 Å². The number of amides is 2. The lowest BCUT2D eigenvalue weighted by molar-refractivity contribution is -0.142. The van der Waals surface area contributed by atoms with Crippen molar-refractivity contribution in [3.63, 3.8) is 0 Å². The van der Waals surface area contributed by atoms with E-state index in [1.807, 2.05) is 17.5 Å². The van der Waals surface area contributed by atoms with Gasteiger partial charge in [-0.15, -0.1) is 11.3 Å². The predicted molar refractivity (Wildman–Crippen MR) is 120 cm³/mol. The summed E-state index contributed by atoms with van der Waals surface area (Å²) in [6.07, 6.45) is 4.28. The second-order valence-corrected chi connectivity index (χ2v) is 9.57. The Morgan fingerprint density at radius 1 is 1.03 bits per heavy atom. The standard InChI is InChI=1S/C24H30FN3O2S/c25-21-9-5-19(6-10-21)16-28(17-22-4-3-15-31-22)23(29)18-27(24(30)20-7-8-20)14-13-26-11-1-2-12-26/h3-6,9-10,15,20H,1-2,7-8,11-14,16-18H2. The first-order valence-corrected chi connectivity index (χ1v) is 12.0. The summed E-state index contributed by atoms with van der Waals surface area (Å²) in [6, 6.07) is 10.2. The van der Waals surface area contributed by atoms with E-state index in [0.717, 1.165) is 42.9 Å². The molecular formula is C24H30FN3O2S. The molecule has 1 saturated heterocycles. The Bertz CT molecular complexity index is 861. The molecule has 0 atom stereocenters. The van der Waals surface area contributed by atoms with Crippen LogP contribution >= 0.6 is 11.3 Å². The summed E-state index contributed by atoms with van der Waals surface area (Å²) in [6.45, 7) is 4.58. The lowest BCUT2D eigenvalue weighted by Crippen LogP contribution is -2.45. The number of benzene rings is 1. The number of carbonyl (C=O) groups excluding carboxylic acids is 2. The molecule has 7 heteroatoms. The van der Waals surface area contributed by atoms with E-state index < -0.39 is 0 Å². The molecule has 0 unspecified atom stereocenters. The van der Waals surface area contributed by atoms with E-state index in [1.54, 1.807) is 33.3 Å². The zero-order valence-corrected chi connectivity index (χ0v) is 18.7. The van der Waals surface area contributed by atoms with Crippen molar-refractivity contribution in [3.05, 3.63) is 58.0 Å². The van der Waals surface area contributed by atoms with Crippen molar-refractivity contribution in [1.82, 2.24) is 14.7 Å². The summed E-state index contributed by atoms with van der Waals surface area (Å²) in [5.74, 6) is -0.143. The minimum atomic E-state index is -0.289. The highest BCUT2D eigenvalue weighted by molar-refractivity contribution is 7.09. The van der Waals surface area contributed by atoms with Gasteiger partial charge in [-0.25, -0.2) is 4.39 Å². The molecule has 1 aliphatic carbocycles. The third-order valence-electron chi connectivity index (χ3n) is 6.02. The van der Waals surface area contributed by atoms with Crippen molar-refractivity contribution in [2.45, 2.75) is 38.8 Å². The van der Waals surface area contributed by atoms with Gasteiger partial charge in [-0.2, -0.15) is 0 Å². The maximum Gasteiger partial charge on any atom is 0.242 e. The molecule has 0 spiro atoms. The van der Waals surface area contributed by atoms with Crippen LogP contribution in [0.2, 0.25) is 0 Å². The second-order valence-electron chi connectivity index (χ2n) is 8.54. The summed E-state index contributed by atoms with van der Waals surface area (Å²) in [4.78, 5) is 33.2. The number of thiophene rings is 1. The lowest BCUT2D eigenvalue weighted by Gasteiger charge is -2.29. The molecule has 2 aromatic rings. The van der Waals surface area contributed by atoms with Crippen LogP contribution in [0.1, 0.15) is 36.1 Å². The number of carbonyl (C=O) groups is 2. The Hall–Kier alpha value is -2.25. The fraction of sp³-hybridized carbons (Fsp3) is 0.500. The first kappa shape index (κ1) is 22.0. The van der Waals surface area contributed by atoms with Gasteiger partial charge in [0.25, 0.3) is 0 Å². The monoisotopic (exact) mass is 443 g/mol. The van der Waals surface area contributed by atoms with E-state index >= 15 is 0 Å². The van der Waals surface area contributed by atoms with Crippen molar-refractivity contribution in [2.24, 2.45) is 5.92 Å². The number of hydrogen-bond donors (Lipinski definition) is 0. The Morgan fingerprint density at radius 3 is 2.42 bits per heavy atom. The highest BCUT2D eigenvalue weighted by atomic mass is 32.1. The molecule has 2 aliphatic rings. The van der Waals surface area contributed by atoms with Gasteiger partial charge in [-0.05, 0) is 67.9 Å². The van der Waals surface area contributed by atoms with Crippen molar-refractivity contribution in [2.75, 3.05) is 32.7 Å². The number of nitrogens with zero attached hydrogens (tertiary/aromatic N) is 3. The van der Waals surface area contributed by atoms with Crippen LogP contribution in [-0.2, 0) is 22.7 Å². The van der Waals surface area contributed by atoms with E-state index in [4.69, 9.17) is 0 Å². The molecule has 1 aromatic heterocycles. The third kappa shape index (κ3) is 6.37. The summed E-state index contributed by atoms with van der Waals surface area (Å²) in [5, 5.41) is 1.99. The Balaban J connectivity index is 1.44. The average Bonchev–Trinajstić information content (AvgIpc) is 3.24. The first-order chi connectivity index (χ1) is 15.1. The van der Waals surface area contributed by atoms with Gasteiger partial charge in [0.05, 0.1) is 13.1 Å². The average molecular weight is 444 g/mol. The zero-order chi connectivity index (χ0) is 21.6. The molecule has 2 fully saturated rings. The third-order valence-corrected chi connectivity index (χ3v) is 6.88. The Kier molecular flexibility index (Phi) is 7.35. The predicted octanol–water partition coefficient (Wildman–Crippen LogP) is 3.75.